The summed E-state index contributed by atoms with van der Waals surface area (Å²) in [6.07, 6.45) is 1.63. The van der Waals surface area contributed by atoms with Gasteiger partial charge in [0.1, 0.15) is 5.75 Å². The lowest BCUT2D eigenvalue weighted by atomic mass is 9.98. The van der Waals surface area contributed by atoms with E-state index in [1.165, 1.54) is 12.1 Å². The summed E-state index contributed by atoms with van der Waals surface area (Å²) in [5, 5.41) is 10.1. The molecule has 0 saturated carbocycles. The maximum atomic E-state index is 12.1. The van der Waals surface area contributed by atoms with E-state index in [1.54, 1.807) is 4.90 Å². The summed E-state index contributed by atoms with van der Waals surface area (Å²) in [5.74, 6) is 0.526. The van der Waals surface area contributed by atoms with Gasteiger partial charge in [0.25, 0.3) is 5.91 Å². The molecular weight excluding hydrogens is 337 g/mol. The normalized spacial score (nSPS) is 16.1. The maximum Gasteiger partial charge on any atom is 0.260 e. The number of hydrogen-bond donors (Lipinski definition) is 1. The summed E-state index contributed by atoms with van der Waals surface area (Å²) >= 11 is 17.7. The van der Waals surface area contributed by atoms with E-state index in [-0.39, 0.29) is 19.1 Å². The molecule has 0 aromatic heterocycles. The molecule has 0 radical (unpaired) electrons. The molecule has 4 nitrogen and oxygen atoms in total. The van der Waals surface area contributed by atoms with E-state index < -0.39 is 0 Å². The minimum atomic E-state index is -0.103. The van der Waals surface area contributed by atoms with Crippen LogP contribution in [-0.2, 0) is 4.79 Å². The number of carbonyl (C=O) groups is 1. The third-order valence-corrected chi connectivity index (χ3v) is 4.57. The van der Waals surface area contributed by atoms with Crippen LogP contribution >= 0.6 is 34.8 Å². The van der Waals surface area contributed by atoms with E-state index in [0.29, 0.717) is 39.8 Å². The van der Waals surface area contributed by atoms with Gasteiger partial charge in [0.05, 0.1) is 15.1 Å². The monoisotopic (exact) mass is 351 g/mol. The molecule has 7 heteroatoms. The number of carbonyl (C=O) groups excluding carboxylic acids is 1. The molecule has 1 heterocycles. The van der Waals surface area contributed by atoms with E-state index >= 15 is 0 Å². The molecule has 1 amide bonds. The van der Waals surface area contributed by atoms with E-state index in [1.807, 2.05) is 0 Å². The van der Waals surface area contributed by atoms with Gasteiger partial charge in [-0.25, -0.2) is 0 Å². The number of rotatable bonds is 4. The Bertz CT molecular complexity index is 516. The average molecular weight is 353 g/mol. The van der Waals surface area contributed by atoms with Gasteiger partial charge in [-0.1, -0.05) is 34.8 Å². The van der Waals surface area contributed by atoms with Crippen molar-refractivity contribution in [3.05, 3.63) is 27.2 Å². The Morgan fingerprint density at radius 1 is 1.19 bits per heavy atom. The van der Waals surface area contributed by atoms with Crippen molar-refractivity contribution < 1.29 is 14.6 Å². The van der Waals surface area contributed by atoms with Crippen LogP contribution in [0, 0.1) is 5.92 Å². The smallest absolute Gasteiger partial charge is 0.260 e. The summed E-state index contributed by atoms with van der Waals surface area (Å²) in [5.41, 5.74) is 0. The SMILES string of the molecule is O=C(COc1cc(Cl)c(Cl)cc1Cl)N1CCC(CO)CC1. The standard InChI is InChI=1S/C14H16Cl3NO3/c15-10-5-12(17)13(6-11(10)16)21-8-14(20)18-3-1-9(7-19)2-4-18/h5-6,9,19H,1-4,7-8H2. The van der Waals surface area contributed by atoms with Crippen molar-refractivity contribution in [3.63, 3.8) is 0 Å². The highest BCUT2D eigenvalue weighted by molar-refractivity contribution is 6.43. The molecule has 1 saturated heterocycles. The topological polar surface area (TPSA) is 49.8 Å². The number of aliphatic hydroxyl groups excluding tert-OH is 1. The number of likely N-dealkylation sites (tertiary alicyclic amines) is 1. The summed E-state index contributed by atoms with van der Waals surface area (Å²) < 4.78 is 5.43. The first-order valence-electron chi connectivity index (χ1n) is 6.67. The fourth-order valence-electron chi connectivity index (χ4n) is 2.21. The van der Waals surface area contributed by atoms with Gasteiger partial charge >= 0.3 is 0 Å². The second-order valence-corrected chi connectivity index (χ2v) is 6.21. The number of ether oxygens (including phenoxy) is 1. The third-order valence-electron chi connectivity index (χ3n) is 3.55. The molecule has 0 unspecified atom stereocenters. The number of amides is 1. The van der Waals surface area contributed by atoms with Crippen LogP contribution < -0.4 is 4.74 Å². The minimum absolute atomic E-state index is 0.0958. The Morgan fingerprint density at radius 2 is 1.81 bits per heavy atom. The van der Waals surface area contributed by atoms with E-state index in [4.69, 9.17) is 44.6 Å². The minimum Gasteiger partial charge on any atom is -0.482 e. The van der Waals surface area contributed by atoms with E-state index in [9.17, 15) is 4.79 Å². The second-order valence-electron chi connectivity index (χ2n) is 4.99. The molecule has 0 atom stereocenters. The van der Waals surface area contributed by atoms with Gasteiger partial charge in [-0.2, -0.15) is 0 Å². The molecule has 116 valence electrons. The Labute approximate surface area is 138 Å². The predicted molar refractivity (Wildman–Crippen MR) is 83.4 cm³/mol. The van der Waals surface area contributed by atoms with Crippen LogP contribution in [0.25, 0.3) is 0 Å². The van der Waals surface area contributed by atoms with Gasteiger partial charge < -0.3 is 14.7 Å². The lowest BCUT2D eigenvalue weighted by Crippen LogP contribution is -2.41. The Hall–Kier alpha value is -0.680. The predicted octanol–water partition coefficient (Wildman–Crippen LogP) is 3.26. The summed E-state index contributed by atoms with van der Waals surface area (Å²) in [6, 6.07) is 2.98. The van der Waals surface area contributed by atoms with Crippen molar-refractivity contribution in [1.82, 2.24) is 4.90 Å². The third kappa shape index (κ3) is 4.39. The van der Waals surface area contributed by atoms with Gasteiger partial charge in [-0.05, 0) is 24.8 Å². The highest BCUT2D eigenvalue weighted by atomic mass is 35.5. The average Bonchev–Trinajstić information content (AvgIpc) is 2.49. The number of aliphatic hydroxyl groups is 1. The molecular formula is C14H16Cl3NO3. The zero-order valence-electron chi connectivity index (χ0n) is 11.3. The van der Waals surface area contributed by atoms with Crippen molar-refractivity contribution in [3.8, 4) is 5.75 Å². The fraction of sp³-hybridized carbons (Fsp3) is 0.500. The van der Waals surface area contributed by atoms with Gasteiger partial charge in [0, 0.05) is 25.8 Å². The lowest BCUT2D eigenvalue weighted by Gasteiger charge is -2.31. The van der Waals surface area contributed by atoms with E-state index in [2.05, 4.69) is 0 Å². The van der Waals surface area contributed by atoms with Crippen LogP contribution in [0.15, 0.2) is 12.1 Å². The molecule has 0 aliphatic carbocycles. The molecule has 1 aliphatic heterocycles. The Morgan fingerprint density at radius 3 is 2.43 bits per heavy atom. The van der Waals surface area contributed by atoms with Crippen LogP contribution in [0.1, 0.15) is 12.8 Å². The van der Waals surface area contributed by atoms with Crippen molar-refractivity contribution in [2.45, 2.75) is 12.8 Å². The highest BCUT2D eigenvalue weighted by Gasteiger charge is 2.22. The zero-order chi connectivity index (χ0) is 15.4. The van der Waals surface area contributed by atoms with Crippen molar-refractivity contribution in [2.75, 3.05) is 26.3 Å². The molecule has 1 fully saturated rings. The fourth-order valence-corrected chi connectivity index (χ4v) is 2.80. The van der Waals surface area contributed by atoms with Gasteiger partial charge in [0.15, 0.2) is 6.61 Å². The van der Waals surface area contributed by atoms with Crippen LogP contribution in [0.4, 0.5) is 0 Å². The van der Waals surface area contributed by atoms with Gasteiger partial charge in [-0.15, -0.1) is 0 Å². The number of nitrogens with zero attached hydrogens (tertiary/aromatic N) is 1. The molecule has 0 bridgehead atoms. The largest absolute Gasteiger partial charge is 0.482 e. The van der Waals surface area contributed by atoms with Crippen molar-refractivity contribution >= 4 is 40.7 Å². The molecule has 21 heavy (non-hydrogen) atoms. The van der Waals surface area contributed by atoms with Crippen LogP contribution in [-0.4, -0.2) is 42.2 Å². The first-order valence-corrected chi connectivity index (χ1v) is 7.80. The second kappa shape index (κ2) is 7.54. The molecule has 1 aromatic rings. The number of hydrogen-bond acceptors (Lipinski definition) is 3. The van der Waals surface area contributed by atoms with Crippen molar-refractivity contribution in [1.29, 1.82) is 0 Å². The van der Waals surface area contributed by atoms with Gasteiger partial charge in [-0.3, -0.25) is 4.79 Å². The van der Waals surface area contributed by atoms with Crippen LogP contribution in [0.2, 0.25) is 15.1 Å². The summed E-state index contributed by atoms with van der Waals surface area (Å²) in [7, 11) is 0. The molecule has 1 aliphatic rings. The molecule has 2 rings (SSSR count). The number of piperidine rings is 1. The van der Waals surface area contributed by atoms with Crippen molar-refractivity contribution in [2.24, 2.45) is 5.92 Å². The van der Waals surface area contributed by atoms with Gasteiger partial charge in [0.2, 0.25) is 0 Å². The molecule has 1 aromatic carbocycles. The highest BCUT2D eigenvalue weighted by Crippen LogP contribution is 2.33. The quantitative estimate of drug-likeness (QED) is 0.846. The molecule has 1 N–H and O–H groups in total. The Kier molecular flexibility index (Phi) is 5.99. The number of benzene rings is 1. The molecule has 0 spiro atoms. The zero-order valence-corrected chi connectivity index (χ0v) is 13.6. The first-order chi connectivity index (χ1) is 10.0. The Balaban J connectivity index is 1.88. The van der Waals surface area contributed by atoms with Crippen LogP contribution in [0.3, 0.4) is 0 Å². The first kappa shape index (κ1) is 16.7. The lowest BCUT2D eigenvalue weighted by molar-refractivity contribution is -0.134. The maximum absolute atomic E-state index is 12.1. The summed E-state index contributed by atoms with van der Waals surface area (Å²) in [6.45, 7) is 1.37. The summed E-state index contributed by atoms with van der Waals surface area (Å²) in [4.78, 5) is 13.8. The van der Waals surface area contributed by atoms with E-state index in [0.717, 1.165) is 12.8 Å². The number of halogens is 3. The van der Waals surface area contributed by atoms with Crippen LogP contribution in [0.5, 0.6) is 5.75 Å².